The summed E-state index contributed by atoms with van der Waals surface area (Å²) in [4.78, 5) is 11.9. The molecule has 0 saturated heterocycles. The molecule has 104 valence electrons. The first kappa shape index (κ1) is 13.5. The zero-order chi connectivity index (χ0) is 13.7. The Morgan fingerprint density at radius 1 is 1.58 bits per heavy atom. The third-order valence-electron chi connectivity index (χ3n) is 3.54. The lowest BCUT2D eigenvalue weighted by atomic mass is 10.0. The van der Waals surface area contributed by atoms with E-state index in [1.54, 1.807) is 12.3 Å². The molecule has 0 aromatic carbocycles. The van der Waals surface area contributed by atoms with Crippen LogP contribution >= 0.6 is 0 Å². The summed E-state index contributed by atoms with van der Waals surface area (Å²) in [6.07, 6.45) is 5.25. The number of rotatable bonds is 5. The summed E-state index contributed by atoms with van der Waals surface area (Å²) in [6.45, 7) is 0. The molecule has 6 nitrogen and oxygen atoms in total. The highest BCUT2D eigenvalue weighted by atomic mass is 16.4. The van der Waals surface area contributed by atoms with Crippen LogP contribution in [0.15, 0.2) is 28.0 Å². The number of hydrogen-bond donors (Lipinski definition) is 3. The van der Waals surface area contributed by atoms with Crippen molar-refractivity contribution < 1.29 is 14.4 Å². The monoisotopic (exact) mass is 265 g/mol. The molecule has 1 aromatic heterocycles. The van der Waals surface area contributed by atoms with Gasteiger partial charge in [0.25, 0.3) is 0 Å². The number of carbonyl (C=O) groups excluding carboxylic acids is 1. The van der Waals surface area contributed by atoms with E-state index in [4.69, 9.17) is 15.4 Å². The number of amides is 1. The minimum absolute atomic E-state index is 0.0278. The van der Waals surface area contributed by atoms with E-state index in [-0.39, 0.29) is 23.7 Å². The predicted octanol–water partition coefficient (Wildman–Crippen LogP) is 1.24. The highest BCUT2D eigenvalue weighted by molar-refractivity contribution is 5.84. The van der Waals surface area contributed by atoms with E-state index in [1.165, 1.54) is 0 Å². The molecule has 6 heteroatoms. The van der Waals surface area contributed by atoms with Crippen LogP contribution in [-0.4, -0.2) is 23.0 Å². The lowest BCUT2D eigenvalue weighted by Gasteiger charge is -2.19. The molecule has 1 amide bonds. The fraction of sp³-hybridized carbons (Fsp3) is 0.538. The van der Waals surface area contributed by atoms with Crippen molar-refractivity contribution in [1.29, 1.82) is 0 Å². The van der Waals surface area contributed by atoms with Gasteiger partial charge in [-0.15, -0.1) is 0 Å². The molecule has 1 aliphatic rings. The van der Waals surface area contributed by atoms with Crippen LogP contribution in [0.2, 0.25) is 0 Å². The summed E-state index contributed by atoms with van der Waals surface area (Å²) < 4.78 is 5.18. The minimum Gasteiger partial charge on any atom is -0.469 e. The number of hydrogen-bond acceptors (Lipinski definition) is 4. The van der Waals surface area contributed by atoms with Gasteiger partial charge in [-0.05, 0) is 25.0 Å². The number of amidine groups is 1. The van der Waals surface area contributed by atoms with Gasteiger partial charge >= 0.3 is 0 Å². The van der Waals surface area contributed by atoms with Crippen molar-refractivity contribution >= 4 is 11.7 Å². The van der Waals surface area contributed by atoms with Crippen molar-refractivity contribution in [1.82, 2.24) is 5.32 Å². The van der Waals surface area contributed by atoms with E-state index >= 15 is 0 Å². The van der Waals surface area contributed by atoms with Crippen molar-refractivity contribution in [3.05, 3.63) is 24.2 Å². The van der Waals surface area contributed by atoms with Gasteiger partial charge in [0.2, 0.25) is 5.91 Å². The van der Waals surface area contributed by atoms with Gasteiger partial charge in [-0.1, -0.05) is 11.6 Å². The second kappa shape index (κ2) is 6.26. The average molecular weight is 265 g/mol. The van der Waals surface area contributed by atoms with Gasteiger partial charge in [-0.2, -0.15) is 0 Å². The van der Waals surface area contributed by atoms with E-state index < -0.39 is 0 Å². The fourth-order valence-corrected chi connectivity index (χ4v) is 2.53. The van der Waals surface area contributed by atoms with Crippen LogP contribution < -0.4 is 11.1 Å². The molecule has 2 unspecified atom stereocenters. The summed E-state index contributed by atoms with van der Waals surface area (Å²) in [7, 11) is 0. The second-order valence-corrected chi connectivity index (χ2v) is 4.82. The van der Waals surface area contributed by atoms with Crippen molar-refractivity contribution in [2.45, 2.75) is 38.1 Å². The fourth-order valence-electron chi connectivity index (χ4n) is 2.53. The van der Waals surface area contributed by atoms with Crippen molar-refractivity contribution in [2.24, 2.45) is 16.8 Å². The van der Waals surface area contributed by atoms with E-state index in [1.807, 2.05) is 6.07 Å². The van der Waals surface area contributed by atoms with Crippen LogP contribution in [0.3, 0.4) is 0 Å². The minimum atomic E-state index is -0.0578. The standard InChI is InChI=1S/C13H19N3O3/c14-13(16-18)10-4-1-5-11(10)15-12(17)7-6-9-3-2-8-19-9/h2-3,8,10-11,18H,1,4-7H2,(H2,14,16)(H,15,17). The number of aryl methyl sites for hydroxylation is 1. The summed E-state index contributed by atoms with van der Waals surface area (Å²) in [5, 5.41) is 14.7. The molecular weight excluding hydrogens is 246 g/mol. The van der Waals surface area contributed by atoms with E-state index in [9.17, 15) is 4.79 Å². The predicted molar refractivity (Wildman–Crippen MR) is 69.7 cm³/mol. The Balaban J connectivity index is 1.81. The molecular formula is C13H19N3O3. The van der Waals surface area contributed by atoms with Gasteiger partial charge in [-0.3, -0.25) is 4.79 Å². The molecule has 1 heterocycles. The van der Waals surface area contributed by atoms with Crippen LogP contribution in [0.4, 0.5) is 0 Å². The Labute approximate surface area is 111 Å². The summed E-state index contributed by atoms with van der Waals surface area (Å²) in [5.41, 5.74) is 5.63. The van der Waals surface area contributed by atoms with Crippen molar-refractivity contribution in [3.63, 3.8) is 0 Å². The maximum Gasteiger partial charge on any atom is 0.220 e. The molecule has 4 N–H and O–H groups in total. The molecule has 0 spiro atoms. The summed E-state index contributed by atoms with van der Waals surface area (Å²) >= 11 is 0. The molecule has 0 bridgehead atoms. The van der Waals surface area contributed by atoms with E-state index in [0.29, 0.717) is 12.8 Å². The highest BCUT2D eigenvalue weighted by Crippen LogP contribution is 2.25. The van der Waals surface area contributed by atoms with E-state index in [2.05, 4.69) is 10.5 Å². The molecule has 19 heavy (non-hydrogen) atoms. The number of furan rings is 1. The third-order valence-corrected chi connectivity index (χ3v) is 3.54. The van der Waals surface area contributed by atoms with Gasteiger partial charge in [0, 0.05) is 24.8 Å². The quantitative estimate of drug-likeness (QED) is 0.323. The lowest BCUT2D eigenvalue weighted by Crippen LogP contribution is -2.42. The largest absolute Gasteiger partial charge is 0.469 e. The molecule has 1 aromatic rings. The Morgan fingerprint density at radius 2 is 2.42 bits per heavy atom. The molecule has 1 aliphatic carbocycles. The first-order valence-corrected chi connectivity index (χ1v) is 6.50. The third kappa shape index (κ3) is 3.49. The SMILES string of the molecule is NC(=NO)C1CCCC1NC(=O)CCc1ccco1. The lowest BCUT2D eigenvalue weighted by molar-refractivity contribution is -0.121. The Morgan fingerprint density at radius 3 is 3.11 bits per heavy atom. The number of oxime groups is 1. The summed E-state index contributed by atoms with van der Waals surface area (Å²) in [5.74, 6) is 0.917. The van der Waals surface area contributed by atoms with Crippen molar-refractivity contribution in [2.75, 3.05) is 0 Å². The first-order chi connectivity index (χ1) is 9.20. The van der Waals surface area contributed by atoms with Gasteiger partial charge in [0.1, 0.15) is 11.6 Å². The number of nitrogens with one attached hydrogen (secondary N) is 1. The first-order valence-electron chi connectivity index (χ1n) is 6.50. The average Bonchev–Trinajstić information content (AvgIpc) is 3.06. The molecule has 2 atom stereocenters. The topological polar surface area (TPSA) is 101 Å². The zero-order valence-corrected chi connectivity index (χ0v) is 10.7. The normalized spacial score (nSPS) is 23.5. The molecule has 0 radical (unpaired) electrons. The molecule has 1 saturated carbocycles. The van der Waals surface area contributed by atoms with Gasteiger partial charge < -0.3 is 20.7 Å². The van der Waals surface area contributed by atoms with E-state index in [0.717, 1.165) is 25.0 Å². The van der Waals surface area contributed by atoms with Crippen LogP contribution in [0.1, 0.15) is 31.4 Å². The van der Waals surface area contributed by atoms with Gasteiger partial charge in [0.05, 0.1) is 6.26 Å². The Kier molecular flexibility index (Phi) is 4.43. The highest BCUT2D eigenvalue weighted by Gasteiger charge is 2.31. The maximum absolute atomic E-state index is 11.9. The Hall–Kier alpha value is -1.98. The van der Waals surface area contributed by atoms with Crippen molar-refractivity contribution in [3.8, 4) is 0 Å². The smallest absolute Gasteiger partial charge is 0.220 e. The van der Waals surface area contributed by atoms with Crippen LogP contribution in [-0.2, 0) is 11.2 Å². The summed E-state index contributed by atoms with van der Waals surface area (Å²) in [6, 6.07) is 3.63. The van der Waals surface area contributed by atoms with Gasteiger partial charge in [-0.25, -0.2) is 0 Å². The van der Waals surface area contributed by atoms with Crippen LogP contribution in [0.25, 0.3) is 0 Å². The molecule has 2 rings (SSSR count). The molecule has 1 fully saturated rings. The number of carbonyl (C=O) groups is 1. The number of nitrogens with zero attached hydrogens (tertiary/aromatic N) is 1. The van der Waals surface area contributed by atoms with Gasteiger partial charge in [0.15, 0.2) is 0 Å². The maximum atomic E-state index is 11.9. The Bertz CT molecular complexity index is 442. The van der Waals surface area contributed by atoms with Crippen LogP contribution in [0.5, 0.6) is 0 Å². The van der Waals surface area contributed by atoms with Crippen LogP contribution in [0, 0.1) is 5.92 Å². The molecule has 0 aliphatic heterocycles. The number of nitrogens with two attached hydrogens (primary N) is 1. The second-order valence-electron chi connectivity index (χ2n) is 4.82. The zero-order valence-electron chi connectivity index (χ0n) is 10.7.